The van der Waals surface area contributed by atoms with E-state index in [1.54, 1.807) is 10.9 Å². The van der Waals surface area contributed by atoms with Crippen LogP contribution >= 0.6 is 0 Å². The summed E-state index contributed by atoms with van der Waals surface area (Å²) in [5, 5.41) is 11.0. The Labute approximate surface area is 110 Å². The molecule has 1 aromatic heterocycles. The van der Waals surface area contributed by atoms with Gasteiger partial charge >= 0.3 is 0 Å². The molecular weight excluding hydrogens is 250 g/mol. The Morgan fingerprint density at radius 3 is 2.53 bits per heavy atom. The van der Waals surface area contributed by atoms with Crippen LogP contribution in [0.4, 0.5) is 8.78 Å². The van der Waals surface area contributed by atoms with Crippen molar-refractivity contribution in [1.29, 1.82) is 0 Å². The highest BCUT2D eigenvalue weighted by molar-refractivity contribution is 5.21. The van der Waals surface area contributed by atoms with Gasteiger partial charge in [-0.05, 0) is 19.9 Å². The lowest BCUT2D eigenvalue weighted by Gasteiger charge is -2.20. The van der Waals surface area contributed by atoms with Crippen molar-refractivity contribution in [1.82, 2.24) is 20.1 Å². The predicted molar refractivity (Wildman–Crippen MR) is 67.3 cm³/mol. The zero-order chi connectivity index (χ0) is 14.0. The molecule has 0 radical (unpaired) electrons. The van der Waals surface area contributed by atoms with E-state index >= 15 is 0 Å². The number of halogens is 2. The maximum atomic E-state index is 13.7. The Morgan fingerprint density at radius 1 is 1.21 bits per heavy atom. The second-order valence-corrected chi connectivity index (χ2v) is 4.58. The maximum Gasteiger partial charge on any atom is 0.149 e. The highest BCUT2D eigenvalue weighted by Gasteiger charge is 2.17. The summed E-state index contributed by atoms with van der Waals surface area (Å²) >= 11 is 0. The minimum Gasteiger partial charge on any atom is -0.319 e. The van der Waals surface area contributed by atoms with Crippen molar-refractivity contribution in [2.45, 2.75) is 25.9 Å². The molecule has 0 spiro atoms. The van der Waals surface area contributed by atoms with Crippen LogP contribution in [0.25, 0.3) is 0 Å². The third kappa shape index (κ3) is 2.96. The highest BCUT2D eigenvalue weighted by Crippen LogP contribution is 2.21. The molecule has 2 atom stereocenters. The van der Waals surface area contributed by atoms with E-state index in [2.05, 4.69) is 15.5 Å². The van der Waals surface area contributed by atoms with Crippen molar-refractivity contribution >= 4 is 0 Å². The van der Waals surface area contributed by atoms with Gasteiger partial charge in [0.1, 0.15) is 23.8 Å². The van der Waals surface area contributed by atoms with E-state index in [-0.39, 0.29) is 12.1 Å². The first-order valence-electron chi connectivity index (χ1n) is 6.04. The molecule has 2 unspecified atom stereocenters. The van der Waals surface area contributed by atoms with Gasteiger partial charge < -0.3 is 9.88 Å². The zero-order valence-corrected chi connectivity index (χ0v) is 11.1. The summed E-state index contributed by atoms with van der Waals surface area (Å²) in [4.78, 5) is 0. The first kappa shape index (κ1) is 13.6. The molecule has 6 heteroatoms. The van der Waals surface area contributed by atoms with E-state index in [1.165, 1.54) is 12.1 Å². The Hall–Kier alpha value is -1.82. The molecule has 0 fully saturated rings. The standard InChI is InChI=1S/C13H16F2N4/c1-8(11-5-4-10(14)6-12(11)15)17-9(2)13-18-16-7-19(13)3/h4-9,17H,1-3H3. The average molecular weight is 266 g/mol. The van der Waals surface area contributed by atoms with E-state index in [1.807, 2.05) is 20.9 Å². The smallest absolute Gasteiger partial charge is 0.149 e. The first-order valence-corrected chi connectivity index (χ1v) is 6.04. The van der Waals surface area contributed by atoms with E-state index in [0.717, 1.165) is 11.9 Å². The summed E-state index contributed by atoms with van der Waals surface area (Å²) in [6.45, 7) is 3.74. The summed E-state index contributed by atoms with van der Waals surface area (Å²) in [7, 11) is 1.84. The molecule has 0 amide bonds. The van der Waals surface area contributed by atoms with Crippen molar-refractivity contribution < 1.29 is 8.78 Å². The summed E-state index contributed by atoms with van der Waals surface area (Å²) in [5.74, 6) is -0.366. The van der Waals surface area contributed by atoms with Crippen molar-refractivity contribution in [3.05, 3.63) is 47.5 Å². The minimum atomic E-state index is -0.574. The first-order chi connectivity index (χ1) is 8.99. The van der Waals surface area contributed by atoms with E-state index in [9.17, 15) is 8.78 Å². The van der Waals surface area contributed by atoms with Crippen LogP contribution in [-0.4, -0.2) is 14.8 Å². The lowest BCUT2D eigenvalue weighted by Crippen LogP contribution is -2.25. The molecule has 0 saturated heterocycles. The molecule has 2 rings (SSSR count). The van der Waals surface area contributed by atoms with Gasteiger partial charge in [-0.15, -0.1) is 10.2 Å². The number of aromatic nitrogens is 3. The molecule has 0 saturated carbocycles. The van der Waals surface area contributed by atoms with Gasteiger partial charge in [-0.1, -0.05) is 6.07 Å². The molecule has 0 aliphatic carbocycles. The molecule has 0 bridgehead atoms. The molecule has 0 aliphatic rings. The number of aryl methyl sites for hydroxylation is 1. The van der Waals surface area contributed by atoms with Crippen LogP contribution in [0.2, 0.25) is 0 Å². The quantitative estimate of drug-likeness (QED) is 0.924. The van der Waals surface area contributed by atoms with Crippen LogP contribution in [0.15, 0.2) is 24.5 Å². The molecule has 1 aromatic carbocycles. The molecule has 0 aliphatic heterocycles. The van der Waals surface area contributed by atoms with Crippen molar-refractivity contribution in [2.24, 2.45) is 7.05 Å². The second-order valence-electron chi connectivity index (χ2n) is 4.58. The Balaban J connectivity index is 2.13. The maximum absolute atomic E-state index is 13.7. The van der Waals surface area contributed by atoms with Crippen LogP contribution in [0, 0.1) is 11.6 Å². The number of nitrogens with one attached hydrogen (secondary N) is 1. The second kappa shape index (κ2) is 5.44. The highest BCUT2D eigenvalue weighted by atomic mass is 19.1. The topological polar surface area (TPSA) is 42.7 Å². The van der Waals surface area contributed by atoms with Gasteiger partial charge in [0, 0.05) is 24.7 Å². The lowest BCUT2D eigenvalue weighted by atomic mass is 10.1. The summed E-state index contributed by atoms with van der Waals surface area (Å²) in [6, 6.07) is 3.25. The van der Waals surface area contributed by atoms with Gasteiger partial charge in [0.25, 0.3) is 0 Å². The van der Waals surface area contributed by atoms with Crippen molar-refractivity contribution in [2.75, 3.05) is 0 Å². The van der Waals surface area contributed by atoms with Gasteiger partial charge in [0.05, 0.1) is 6.04 Å². The fourth-order valence-electron chi connectivity index (χ4n) is 2.08. The van der Waals surface area contributed by atoms with E-state index < -0.39 is 11.6 Å². The van der Waals surface area contributed by atoms with Crippen LogP contribution in [0.3, 0.4) is 0 Å². The number of hydrogen-bond donors (Lipinski definition) is 1. The van der Waals surface area contributed by atoms with Crippen LogP contribution in [0.5, 0.6) is 0 Å². The Bertz CT molecular complexity index is 568. The summed E-state index contributed by atoms with van der Waals surface area (Å²) in [5.41, 5.74) is 0.426. The van der Waals surface area contributed by atoms with Crippen molar-refractivity contribution in [3.63, 3.8) is 0 Å². The Kier molecular flexibility index (Phi) is 3.90. The summed E-state index contributed by atoms with van der Waals surface area (Å²) < 4.78 is 28.3. The molecule has 2 aromatic rings. The van der Waals surface area contributed by atoms with Crippen molar-refractivity contribution in [3.8, 4) is 0 Å². The third-order valence-corrected chi connectivity index (χ3v) is 3.06. The predicted octanol–water partition coefficient (Wildman–Crippen LogP) is 2.51. The van der Waals surface area contributed by atoms with Crippen LogP contribution in [0.1, 0.15) is 37.3 Å². The summed E-state index contributed by atoms with van der Waals surface area (Å²) in [6.07, 6.45) is 1.61. The largest absolute Gasteiger partial charge is 0.319 e. The lowest BCUT2D eigenvalue weighted by molar-refractivity contribution is 0.449. The molecular formula is C13H16F2N4. The number of hydrogen-bond acceptors (Lipinski definition) is 3. The third-order valence-electron chi connectivity index (χ3n) is 3.06. The zero-order valence-electron chi connectivity index (χ0n) is 11.1. The number of nitrogens with zero attached hydrogens (tertiary/aromatic N) is 3. The molecule has 19 heavy (non-hydrogen) atoms. The Morgan fingerprint density at radius 2 is 1.95 bits per heavy atom. The number of rotatable bonds is 4. The van der Waals surface area contributed by atoms with Crippen LogP contribution in [-0.2, 0) is 7.05 Å². The van der Waals surface area contributed by atoms with Gasteiger partial charge in [-0.2, -0.15) is 0 Å². The monoisotopic (exact) mass is 266 g/mol. The molecule has 102 valence electrons. The fourth-order valence-corrected chi connectivity index (χ4v) is 2.08. The molecule has 4 nitrogen and oxygen atoms in total. The average Bonchev–Trinajstić information content (AvgIpc) is 2.75. The minimum absolute atomic E-state index is 0.0908. The number of benzene rings is 1. The van der Waals surface area contributed by atoms with E-state index in [4.69, 9.17) is 0 Å². The van der Waals surface area contributed by atoms with Gasteiger partial charge in [-0.3, -0.25) is 0 Å². The van der Waals surface area contributed by atoms with Gasteiger partial charge in [-0.25, -0.2) is 8.78 Å². The van der Waals surface area contributed by atoms with Gasteiger partial charge in [0.2, 0.25) is 0 Å². The SMILES string of the molecule is CC(NC(C)c1nncn1C)c1ccc(F)cc1F. The molecule has 1 N–H and O–H groups in total. The van der Waals surface area contributed by atoms with Gasteiger partial charge in [0.15, 0.2) is 0 Å². The fraction of sp³-hybridized carbons (Fsp3) is 0.385. The molecule has 1 heterocycles. The van der Waals surface area contributed by atoms with Crippen LogP contribution < -0.4 is 5.32 Å². The normalized spacial score (nSPS) is 14.4. The van der Waals surface area contributed by atoms with E-state index in [0.29, 0.717) is 5.56 Å².